The molecule has 0 aromatic heterocycles. The van der Waals surface area contributed by atoms with E-state index in [4.69, 9.17) is 9.57 Å². The quantitative estimate of drug-likeness (QED) is 0.615. The summed E-state index contributed by atoms with van der Waals surface area (Å²) in [7, 11) is 0. The van der Waals surface area contributed by atoms with Gasteiger partial charge in [-0.2, -0.15) is 0 Å². The SMILES string of the molecule is CCCCCCCCOc1ccc(C2=NOCC([C@@H]3CCCN3)=N2)cc1F. The zero-order chi connectivity index (χ0) is 18.9. The van der Waals surface area contributed by atoms with Crippen molar-refractivity contribution in [2.24, 2.45) is 10.1 Å². The van der Waals surface area contributed by atoms with E-state index in [1.807, 2.05) is 0 Å². The number of hydrogen-bond donors (Lipinski definition) is 1. The highest BCUT2D eigenvalue weighted by molar-refractivity contribution is 6.09. The Labute approximate surface area is 161 Å². The second kappa shape index (κ2) is 10.4. The van der Waals surface area contributed by atoms with E-state index in [1.54, 1.807) is 12.1 Å². The molecule has 0 bridgehead atoms. The molecule has 1 N–H and O–H groups in total. The number of oxime groups is 1. The van der Waals surface area contributed by atoms with Gasteiger partial charge in [-0.1, -0.05) is 44.2 Å². The van der Waals surface area contributed by atoms with Gasteiger partial charge in [-0.25, -0.2) is 9.38 Å². The molecule has 3 rings (SSSR count). The lowest BCUT2D eigenvalue weighted by molar-refractivity contribution is 0.178. The summed E-state index contributed by atoms with van der Waals surface area (Å²) in [5.41, 5.74) is 1.54. The lowest BCUT2D eigenvalue weighted by Gasteiger charge is -2.17. The van der Waals surface area contributed by atoms with Crippen LogP contribution in [0.5, 0.6) is 5.75 Å². The fourth-order valence-electron chi connectivity index (χ4n) is 3.43. The maximum atomic E-state index is 14.4. The van der Waals surface area contributed by atoms with E-state index < -0.39 is 0 Å². The zero-order valence-electron chi connectivity index (χ0n) is 16.2. The lowest BCUT2D eigenvalue weighted by atomic mass is 10.1. The van der Waals surface area contributed by atoms with E-state index in [-0.39, 0.29) is 17.6 Å². The summed E-state index contributed by atoms with van der Waals surface area (Å²) in [5, 5.41) is 7.40. The number of nitrogens with one attached hydrogen (secondary N) is 1. The molecule has 1 fully saturated rings. The molecule has 1 atom stereocenters. The van der Waals surface area contributed by atoms with Crippen LogP contribution >= 0.6 is 0 Å². The number of unbranched alkanes of at least 4 members (excludes halogenated alkanes) is 5. The minimum absolute atomic E-state index is 0.236. The minimum Gasteiger partial charge on any atom is -0.491 e. The molecule has 0 spiro atoms. The number of amidine groups is 1. The summed E-state index contributed by atoms with van der Waals surface area (Å²) < 4.78 is 20.0. The lowest BCUT2D eigenvalue weighted by Crippen LogP contribution is -2.35. The number of rotatable bonds is 10. The van der Waals surface area contributed by atoms with Crippen molar-refractivity contribution >= 4 is 11.5 Å². The van der Waals surface area contributed by atoms with Crippen molar-refractivity contribution in [3.63, 3.8) is 0 Å². The summed E-state index contributed by atoms with van der Waals surface area (Å²) in [6.07, 6.45) is 9.27. The Bertz CT molecular complexity index is 669. The first-order chi connectivity index (χ1) is 13.3. The molecule has 27 heavy (non-hydrogen) atoms. The molecule has 0 radical (unpaired) electrons. The predicted molar refractivity (Wildman–Crippen MR) is 106 cm³/mol. The molecule has 0 unspecified atom stereocenters. The van der Waals surface area contributed by atoms with Gasteiger partial charge in [0.05, 0.1) is 12.3 Å². The predicted octanol–water partition coefficient (Wildman–Crippen LogP) is 4.45. The summed E-state index contributed by atoms with van der Waals surface area (Å²) in [6.45, 7) is 4.14. The van der Waals surface area contributed by atoms with Crippen LogP contribution in [0.2, 0.25) is 0 Å². The fourth-order valence-corrected chi connectivity index (χ4v) is 3.43. The summed E-state index contributed by atoms with van der Waals surface area (Å²) >= 11 is 0. The van der Waals surface area contributed by atoms with Crippen LogP contribution in [-0.2, 0) is 4.84 Å². The zero-order valence-corrected chi connectivity index (χ0v) is 16.2. The van der Waals surface area contributed by atoms with E-state index >= 15 is 0 Å². The number of hydrogen-bond acceptors (Lipinski definition) is 5. The Hall–Kier alpha value is -1.95. The van der Waals surface area contributed by atoms with Gasteiger partial charge >= 0.3 is 0 Å². The molecular formula is C21H30FN3O2. The monoisotopic (exact) mass is 375 g/mol. The average molecular weight is 375 g/mol. The fraction of sp³-hybridized carbons (Fsp3) is 0.619. The Balaban J connectivity index is 1.52. The molecule has 0 saturated carbocycles. The van der Waals surface area contributed by atoms with Gasteiger partial charge in [0.2, 0.25) is 0 Å². The first kappa shape index (κ1) is 19.8. The van der Waals surface area contributed by atoms with Crippen LogP contribution < -0.4 is 10.1 Å². The second-order valence-electron chi connectivity index (χ2n) is 7.20. The number of ether oxygens (including phenoxy) is 1. The van der Waals surface area contributed by atoms with Gasteiger partial charge in [-0.3, -0.25) is 0 Å². The Morgan fingerprint density at radius 2 is 2.07 bits per heavy atom. The number of benzene rings is 1. The van der Waals surface area contributed by atoms with Gasteiger partial charge in [0.1, 0.15) is 0 Å². The summed E-state index contributed by atoms with van der Waals surface area (Å²) in [6, 6.07) is 5.10. The third kappa shape index (κ3) is 5.76. The molecule has 0 amide bonds. The molecule has 148 valence electrons. The highest BCUT2D eigenvalue weighted by Crippen LogP contribution is 2.21. The topological polar surface area (TPSA) is 55.2 Å². The first-order valence-electron chi connectivity index (χ1n) is 10.2. The normalized spacial score (nSPS) is 19.4. The van der Waals surface area contributed by atoms with Crippen LogP contribution in [-0.4, -0.2) is 37.3 Å². The van der Waals surface area contributed by atoms with E-state index in [1.165, 1.54) is 31.7 Å². The second-order valence-corrected chi connectivity index (χ2v) is 7.20. The van der Waals surface area contributed by atoms with E-state index in [0.717, 1.165) is 37.9 Å². The molecule has 1 aromatic carbocycles. The van der Waals surface area contributed by atoms with E-state index in [0.29, 0.717) is 24.6 Å². The molecule has 1 aromatic rings. The molecule has 2 heterocycles. The third-order valence-electron chi connectivity index (χ3n) is 5.02. The molecule has 5 nitrogen and oxygen atoms in total. The highest BCUT2D eigenvalue weighted by Gasteiger charge is 2.24. The molecular weight excluding hydrogens is 345 g/mol. The van der Waals surface area contributed by atoms with Crippen LogP contribution in [0.15, 0.2) is 28.3 Å². The van der Waals surface area contributed by atoms with Gasteiger partial charge in [-0.05, 0) is 44.0 Å². The first-order valence-corrected chi connectivity index (χ1v) is 10.2. The van der Waals surface area contributed by atoms with Crippen molar-refractivity contribution in [1.29, 1.82) is 0 Å². The van der Waals surface area contributed by atoms with Gasteiger partial charge in [0.25, 0.3) is 0 Å². The highest BCUT2D eigenvalue weighted by atomic mass is 19.1. The number of aliphatic imine (C=N–C) groups is 1. The van der Waals surface area contributed by atoms with Crippen molar-refractivity contribution < 1.29 is 14.0 Å². The van der Waals surface area contributed by atoms with Gasteiger partial charge in [0.15, 0.2) is 24.0 Å². The largest absolute Gasteiger partial charge is 0.491 e. The van der Waals surface area contributed by atoms with Gasteiger partial charge < -0.3 is 14.9 Å². The third-order valence-corrected chi connectivity index (χ3v) is 5.02. The standard InChI is InChI=1S/C21H30FN3O2/c1-2-3-4-5-6-7-13-26-20-11-10-16(14-17(20)22)21-24-19(15-27-25-21)18-9-8-12-23-18/h10-11,14,18,23H,2-9,12-13,15H2,1H3/t18-/m0/s1. The number of nitrogens with zero attached hydrogens (tertiary/aromatic N) is 2. The molecule has 1 saturated heterocycles. The molecule has 2 aliphatic rings. The molecule has 6 heteroatoms. The van der Waals surface area contributed by atoms with Crippen molar-refractivity contribution in [2.45, 2.75) is 64.3 Å². The van der Waals surface area contributed by atoms with Crippen molar-refractivity contribution in [1.82, 2.24) is 5.32 Å². The van der Waals surface area contributed by atoms with E-state index in [2.05, 4.69) is 22.4 Å². The van der Waals surface area contributed by atoms with Crippen LogP contribution in [0.25, 0.3) is 0 Å². The Kier molecular flexibility index (Phi) is 7.63. The van der Waals surface area contributed by atoms with Crippen LogP contribution in [0.3, 0.4) is 0 Å². The van der Waals surface area contributed by atoms with Crippen LogP contribution in [0, 0.1) is 5.82 Å². The molecule has 2 aliphatic heterocycles. The Morgan fingerprint density at radius 1 is 1.22 bits per heavy atom. The van der Waals surface area contributed by atoms with Gasteiger partial charge in [0, 0.05) is 11.6 Å². The van der Waals surface area contributed by atoms with Crippen LogP contribution in [0.1, 0.15) is 63.9 Å². The maximum Gasteiger partial charge on any atom is 0.198 e. The van der Waals surface area contributed by atoms with Gasteiger partial charge in [-0.15, -0.1) is 0 Å². The van der Waals surface area contributed by atoms with Crippen LogP contribution in [0.4, 0.5) is 4.39 Å². The summed E-state index contributed by atoms with van der Waals surface area (Å²) in [4.78, 5) is 9.90. The van der Waals surface area contributed by atoms with Crippen molar-refractivity contribution in [2.75, 3.05) is 19.8 Å². The maximum absolute atomic E-state index is 14.4. The van der Waals surface area contributed by atoms with Crippen molar-refractivity contribution in [3.05, 3.63) is 29.6 Å². The van der Waals surface area contributed by atoms with Crippen molar-refractivity contribution in [3.8, 4) is 5.75 Å². The molecule has 0 aliphatic carbocycles. The summed E-state index contributed by atoms with van der Waals surface area (Å²) in [5.74, 6) is 0.320. The Morgan fingerprint density at radius 3 is 2.85 bits per heavy atom. The minimum atomic E-state index is -0.387. The smallest absolute Gasteiger partial charge is 0.198 e. The average Bonchev–Trinajstić information content (AvgIpc) is 3.23. The number of halogens is 1. The van der Waals surface area contributed by atoms with E-state index in [9.17, 15) is 4.39 Å².